The molecule has 4 rings (SSSR count). The molecule has 2 N–H and O–H groups in total. The van der Waals surface area contributed by atoms with E-state index >= 15 is 0 Å². The van der Waals surface area contributed by atoms with Crippen LogP contribution >= 0.6 is 23.6 Å². The van der Waals surface area contributed by atoms with E-state index in [0.29, 0.717) is 34.3 Å². The first-order valence-electron chi connectivity index (χ1n) is 10.1. The molecule has 4 aromatic rings. The maximum atomic E-state index is 12.6. The zero-order valence-corrected chi connectivity index (χ0v) is 19.3. The summed E-state index contributed by atoms with van der Waals surface area (Å²) < 4.78 is 5.77. The number of hydrogen-bond acceptors (Lipinski definition) is 7. The Morgan fingerprint density at radius 1 is 1.06 bits per heavy atom. The van der Waals surface area contributed by atoms with Crippen LogP contribution in [0.2, 0.25) is 0 Å². The lowest BCUT2D eigenvalue weighted by Crippen LogP contribution is -2.34. The minimum absolute atomic E-state index is 0.0160. The van der Waals surface area contributed by atoms with Crippen molar-refractivity contribution in [2.24, 2.45) is 0 Å². The van der Waals surface area contributed by atoms with Crippen molar-refractivity contribution in [3.8, 4) is 17.0 Å². The Bertz CT molecular complexity index is 1340. The summed E-state index contributed by atoms with van der Waals surface area (Å²) in [7, 11) is 0. The molecule has 0 aliphatic carbocycles. The van der Waals surface area contributed by atoms with E-state index in [4.69, 9.17) is 17.0 Å². The van der Waals surface area contributed by atoms with Crippen molar-refractivity contribution < 1.29 is 14.5 Å². The van der Waals surface area contributed by atoms with Crippen LogP contribution in [-0.4, -0.2) is 20.9 Å². The minimum atomic E-state index is -0.457. The number of thiazole rings is 1. The van der Waals surface area contributed by atoms with Crippen LogP contribution in [-0.2, 0) is 6.61 Å². The topological polar surface area (TPSA) is 106 Å². The Morgan fingerprint density at radius 2 is 1.85 bits per heavy atom. The molecule has 34 heavy (non-hydrogen) atoms. The van der Waals surface area contributed by atoms with Crippen LogP contribution in [0.1, 0.15) is 15.9 Å². The second-order valence-corrected chi connectivity index (χ2v) is 8.32. The number of nitrogens with one attached hydrogen (secondary N) is 2. The maximum Gasteiger partial charge on any atom is 0.270 e. The van der Waals surface area contributed by atoms with Gasteiger partial charge in [0, 0.05) is 28.6 Å². The Kier molecular flexibility index (Phi) is 7.21. The summed E-state index contributed by atoms with van der Waals surface area (Å²) in [4.78, 5) is 27.5. The van der Waals surface area contributed by atoms with Gasteiger partial charge < -0.3 is 10.1 Å². The summed E-state index contributed by atoms with van der Waals surface area (Å²) >= 11 is 6.51. The molecule has 0 radical (unpaired) electrons. The highest BCUT2D eigenvalue weighted by Crippen LogP contribution is 2.27. The normalized spacial score (nSPS) is 10.4. The molecule has 0 saturated heterocycles. The Morgan fingerprint density at radius 3 is 2.65 bits per heavy atom. The SMILES string of the molecule is O=C(NC(=S)Nc1nc(-c2cccc([N+](=O)[O-])c2)cs1)c1cccc(OCc2ccccc2)c1. The minimum Gasteiger partial charge on any atom is -0.489 e. The number of ether oxygens (including phenoxy) is 1. The molecular weight excluding hydrogens is 472 g/mol. The van der Waals surface area contributed by atoms with Crippen molar-refractivity contribution in [1.82, 2.24) is 10.3 Å². The highest BCUT2D eigenvalue weighted by atomic mass is 32.1. The highest BCUT2D eigenvalue weighted by molar-refractivity contribution is 7.80. The number of anilines is 1. The number of hydrogen-bond donors (Lipinski definition) is 2. The van der Waals surface area contributed by atoms with Gasteiger partial charge in [0.1, 0.15) is 12.4 Å². The number of benzene rings is 3. The Labute approximate surface area is 204 Å². The number of non-ortho nitro benzene ring substituents is 1. The lowest BCUT2D eigenvalue weighted by molar-refractivity contribution is -0.384. The van der Waals surface area contributed by atoms with Gasteiger partial charge in [-0.1, -0.05) is 48.5 Å². The average molecular weight is 491 g/mol. The summed E-state index contributed by atoms with van der Waals surface area (Å²) in [6.07, 6.45) is 0. The van der Waals surface area contributed by atoms with Gasteiger partial charge >= 0.3 is 0 Å². The standard InChI is InChI=1S/C24H18N4O4S2/c29-22(18-9-5-11-20(13-18)32-14-16-6-2-1-3-7-16)26-23(33)27-24-25-21(15-34-24)17-8-4-10-19(12-17)28(30)31/h1-13,15H,14H2,(H2,25,26,27,29,33). The van der Waals surface area contributed by atoms with Crippen LogP contribution < -0.4 is 15.4 Å². The first-order valence-corrected chi connectivity index (χ1v) is 11.4. The van der Waals surface area contributed by atoms with Gasteiger partial charge in [0.25, 0.3) is 11.6 Å². The van der Waals surface area contributed by atoms with Gasteiger partial charge in [-0.25, -0.2) is 4.98 Å². The van der Waals surface area contributed by atoms with Gasteiger partial charge in [-0.05, 0) is 36.0 Å². The van der Waals surface area contributed by atoms with Crippen LogP contribution in [0.25, 0.3) is 11.3 Å². The number of aromatic nitrogens is 1. The van der Waals surface area contributed by atoms with Crippen molar-refractivity contribution >= 4 is 45.4 Å². The highest BCUT2D eigenvalue weighted by Gasteiger charge is 2.13. The monoisotopic (exact) mass is 490 g/mol. The number of carbonyl (C=O) groups excluding carboxylic acids is 1. The largest absolute Gasteiger partial charge is 0.489 e. The van der Waals surface area contributed by atoms with E-state index in [1.54, 1.807) is 41.8 Å². The van der Waals surface area contributed by atoms with Gasteiger partial charge in [0.15, 0.2) is 10.2 Å². The molecule has 0 atom stereocenters. The first kappa shape index (κ1) is 23.0. The van der Waals surface area contributed by atoms with E-state index in [-0.39, 0.29) is 10.8 Å². The van der Waals surface area contributed by atoms with Gasteiger partial charge in [-0.15, -0.1) is 11.3 Å². The van der Waals surface area contributed by atoms with Gasteiger partial charge in [-0.2, -0.15) is 0 Å². The molecule has 10 heteroatoms. The molecule has 8 nitrogen and oxygen atoms in total. The number of nitrogens with zero attached hydrogens (tertiary/aromatic N) is 2. The molecule has 0 aliphatic heterocycles. The van der Waals surface area contributed by atoms with Crippen LogP contribution in [0.4, 0.5) is 10.8 Å². The third kappa shape index (κ3) is 6.00. The molecule has 0 unspecified atom stereocenters. The molecule has 1 amide bonds. The van der Waals surface area contributed by atoms with Crippen molar-refractivity contribution in [2.45, 2.75) is 6.61 Å². The van der Waals surface area contributed by atoms with Crippen molar-refractivity contribution in [1.29, 1.82) is 0 Å². The maximum absolute atomic E-state index is 12.6. The molecule has 0 fully saturated rings. The number of rotatable bonds is 7. The lowest BCUT2D eigenvalue weighted by atomic mass is 10.1. The summed E-state index contributed by atoms with van der Waals surface area (Å²) in [6, 6.07) is 22.8. The molecule has 170 valence electrons. The van der Waals surface area contributed by atoms with E-state index in [2.05, 4.69) is 15.6 Å². The summed E-state index contributed by atoms with van der Waals surface area (Å²) in [5, 5.41) is 18.8. The second kappa shape index (κ2) is 10.6. The van der Waals surface area contributed by atoms with Crippen LogP contribution in [0.15, 0.2) is 84.2 Å². The fourth-order valence-electron chi connectivity index (χ4n) is 3.01. The number of nitro groups is 1. The van der Waals surface area contributed by atoms with Gasteiger partial charge in [0.05, 0.1) is 10.6 Å². The van der Waals surface area contributed by atoms with Crippen LogP contribution in [0.5, 0.6) is 5.75 Å². The predicted octanol–water partition coefficient (Wildman–Crippen LogP) is 5.42. The second-order valence-electron chi connectivity index (χ2n) is 7.06. The van der Waals surface area contributed by atoms with E-state index in [0.717, 1.165) is 5.56 Å². The van der Waals surface area contributed by atoms with Crippen molar-refractivity contribution in [2.75, 3.05) is 5.32 Å². The summed E-state index contributed by atoms with van der Waals surface area (Å²) in [6.45, 7) is 0.392. The lowest BCUT2D eigenvalue weighted by Gasteiger charge is -2.10. The van der Waals surface area contributed by atoms with Crippen LogP contribution in [0, 0.1) is 10.1 Å². The van der Waals surface area contributed by atoms with Crippen molar-refractivity contribution in [3.05, 3.63) is 105 Å². The number of amides is 1. The van der Waals surface area contributed by atoms with E-state index in [1.807, 2.05) is 30.3 Å². The number of nitro benzene ring substituents is 1. The van der Waals surface area contributed by atoms with Gasteiger partial charge in [0.2, 0.25) is 0 Å². The summed E-state index contributed by atoms with van der Waals surface area (Å²) in [5.41, 5.74) is 2.58. The molecule has 1 heterocycles. The predicted molar refractivity (Wildman–Crippen MR) is 135 cm³/mol. The Balaban J connectivity index is 1.35. The Hall–Kier alpha value is -4.15. The number of thiocarbonyl (C=S) groups is 1. The molecule has 3 aromatic carbocycles. The summed E-state index contributed by atoms with van der Waals surface area (Å²) in [5.74, 6) is 0.176. The molecule has 0 bridgehead atoms. The quantitative estimate of drug-likeness (QED) is 0.202. The zero-order chi connectivity index (χ0) is 23.9. The van der Waals surface area contributed by atoms with Crippen LogP contribution in [0.3, 0.4) is 0 Å². The average Bonchev–Trinajstić information content (AvgIpc) is 3.32. The van der Waals surface area contributed by atoms with E-state index in [9.17, 15) is 14.9 Å². The first-order chi connectivity index (χ1) is 16.5. The van der Waals surface area contributed by atoms with E-state index in [1.165, 1.54) is 23.5 Å². The smallest absolute Gasteiger partial charge is 0.270 e. The molecule has 0 saturated carbocycles. The number of carbonyl (C=O) groups is 1. The zero-order valence-electron chi connectivity index (χ0n) is 17.6. The fraction of sp³-hybridized carbons (Fsp3) is 0.0417. The van der Waals surface area contributed by atoms with Gasteiger partial charge in [-0.3, -0.25) is 20.2 Å². The third-order valence-corrected chi connectivity index (χ3v) is 5.61. The molecule has 0 aliphatic rings. The molecule has 0 spiro atoms. The third-order valence-electron chi connectivity index (χ3n) is 4.65. The fourth-order valence-corrected chi connectivity index (χ4v) is 3.99. The van der Waals surface area contributed by atoms with Crippen molar-refractivity contribution in [3.63, 3.8) is 0 Å². The molecular formula is C24H18N4O4S2. The van der Waals surface area contributed by atoms with E-state index < -0.39 is 10.8 Å². The molecule has 1 aromatic heterocycles.